The van der Waals surface area contributed by atoms with Crippen LogP contribution < -0.4 is 0 Å². The normalized spacial score (nSPS) is 18.8. The van der Waals surface area contributed by atoms with Gasteiger partial charge in [-0.15, -0.1) is 0 Å². The Balaban J connectivity index is 2.00. The quantitative estimate of drug-likeness (QED) is 0.828. The van der Waals surface area contributed by atoms with Crippen LogP contribution in [-0.2, 0) is 6.42 Å². The zero-order chi connectivity index (χ0) is 12.7. The van der Waals surface area contributed by atoms with Crippen molar-refractivity contribution in [3.8, 4) is 0 Å². The highest BCUT2D eigenvalue weighted by Gasteiger charge is 2.29. The van der Waals surface area contributed by atoms with Crippen molar-refractivity contribution in [1.82, 2.24) is 4.98 Å². The van der Waals surface area contributed by atoms with Crippen molar-refractivity contribution in [3.05, 3.63) is 57.9 Å². The molecule has 0 fully saturated rings. The Kier molecular flexibility index (Phi) is 2.75. The molecule has 0 amide bonds. The van der Waals surface area contributed by atoms with E-state index in [4.69, 9.17) is 11.6 Å². The van der Waals surface area contributed by atoms with Gasteiger partial charge in [0.2, 0.25) is 0 Å². The van der Waals surface area contributed by atoms with Gasteiger partial charge in [0.1, 0.15) is 0 Å². The Hall–Kier alpha value is -1.54. The second-order valence-corrected chi connectivity index (χ2v) is 5.28. The van der Waals surface area contributed by atoms with Gasteiger partial charge >= 0.3 is 0 Å². The molecule has 1 unspecified atom stereocenters. The first-order valence-corrected chi connectivity index (χ1v) is 6.49. The molecule has 0 radical (unpaired) electrons. The van der Waals surface area contributed by atoms with Gasteiger partial charge in [-0.05, 0) is 36.5 Å². The molecule has 1 aromatic heterocycles. The predicted octanol–water partition coefficient (Wildman–Crippen LogP) is 3.89. The zero-order valence-electron chi connectivity index (χ0n) is 10.2. The number of aromatic amines is 1. The van der Waals surface area contributed by atoms with Crippen LogP contribution in [0.15, 0.2) is 30.5 Å². The van der Waals surface area contributed by atoms with Gasteiger partial charge in [-0.3, -0.25) is 4.79 Å². The molecule has 0 bridgehead atoms. The van der Waals surface area contributed by atoms with E-state index in [-0.39, 0.29) is 11.7 Å². The average molecular weight is 260 g/mol. The molecular weight excluding hydrogens is 246 g/mol. The summed E-state index contributed by atoms with van der Waals surface area (Å²) in [5, 5.41) is 0.752. The molecule has 18 heavy (non-hydrogen) atoms. The number of nitrogens with one attached hydrogen (secondary N) is 1. The van der Waals surface area contributed by atoms with Crippen molar-refractivity contribution in [2.75, 3.05) is 0 Å². The number of H-pyrrole nitrogens is 1. The van der Waals surface area contributed by atoms with E-state index in [0.29, 0.717) is 6.42 Å². The number of carbonyl (C=O) groups is 1. The molecule has 3 heteroatoms. The number of hydrogen-bond donors (Lipinski definition) is 1. The molecule has 1 N–H and O–H groups in total. The first-order valence-electron chi connectivity index (χ1n) is 6.11. The highest BCUT2D eigenvalue weighted by molar-refractivity contribution is 6.31. The second-order valence-electron chi connectivity index (χ2n) is 4.88. The maximum absolute atomic E-state index is 12.2. The van der Waals surface area contributed by atoms with E-state index in [9.17, 15) is 4.79 Å². The minimum Gasteiger partial charge on any atom is -0.364 e. The third-order valence-electron chi connectivity index (χ3n) is 3.67. The van der Waals surface area contributed by atoms with Crippen LogP contribution in [0.1, 0.15) is 39.5 Å². The largest absolute Gasteiger partial charge is 0.364 e. The number of rotatable bonds is 1. The average Bonchev–Trinajstić information content (AvgIpc) is 2.72. The van der Waals surface area contributed by atoms with E-state index in [1.165, 1.54) is 0 Å². The van der Waals surface area contributed by atoms with Gasteiger partial charge in [-0.2, -0.15) is 0 Å². The number of halogens is 1. The Labute approximate surface area is 111 Å². The lowest BCUT2D eigenvalue weighted by atomic mass is 9.81. The Bertz CT molecular complexity index is 615. The maximum Gasteiger partial charge on any atom is 0.165 e. The molecule has 0 aliphatic heterocycles. The van der Waals surface area contributed by atoms with Crippen molar-refractivity contribution in [3.63, 3.8) is 0 Å². The van der Waals surface area contributed by atoms with Crippen LogP contribution in [0.5, 0.6) is 0 Å². The SMILES string of the molecule is Cc1c[nH]c2c1C(=O)CC(c1ccccc1Cl)C2. The molecule has 1 heterocycles. The molecule has 2 nitrogen and oxygen atoms in total. The van der Waals surface area contributed by atoms with Crippen molar-refractivity contribution in [2.45, 2.75) is 25.7 Å². The molecule has 1 atom stereocenters. The molecule has 0 saturated carbocycles. The second kappa shape index (κ2) is 4.29. The molecule has 1 aromatic carbocycles. The van der Waals surface area contributed by atoms with E-state index >= 15 is 0 Å². The molecule has 3 rings (SSSR count). The van der Waals surface area contributed by atoms with Gasteiger partial charge in [-0.25, -0.2) is 0 Å². The van der Waals surface area contributed by atoms with E-state index in [1.807, 2.05) is 37.4 Å². The number of hydrogen-bond acceptors (Lipinski definition) is 1. The number of aryl methyl sites for hydroxylation is 1. The molecule has 92 valence electrons. The topological polar surface area (TPSA) is 32.9 Å². The first-order chi connectivity index (χ1) is 8.66. The standard InChI is InChI=1S/C15H14ClNO/c1-9-8-17-13-6-10(7-14(18)15(9)13)11-4-2-3-5-12(11)16/h2-5,8,10,17H,6-7H2,1H3. The number of benzene rings is 1. The number of fused-ring (bicyclic) bond motifs is 1. The Morgan fingerprint density at radius 1 is 1.28 bits per heavy atom. The number of Topliss-reactive ketones (excluding diaryl/α,β-unsaturated/α-hetero) is 1. The number of carbonyl (C=O) groups excluding carboxylic acids is 1. The van der Waals surface area contributed by atoms with Crippen LogP contribution in [0.25, 0.3) is 0 Å². The summed E-state index contributed by atoms with van der Waals surface area (Å²) in [5.41, 5.74) is 4.06. The van der Waals surface area contributed by atoms with Crippen LogP contribution in [0, 0.1) is 6.92 Å². The number of ketones is 1. The van der Waals surface area contributed by atoms with Crippen molar-refractivity contribution < 1.29 is 4.79 Å². The lowest BCUT2D eigenvalue weighted by Gasteiger charge is -2.23. The predicted molar refractivity (Wildman–Crippen MR) is 72.4 cm³/mol. The van der Waals surface area contributed by atoms with Gasteiger partial charge in [0.05, 0.1) is 0 Å². The summed E-state index contributed by atoms with van der Waals surface area (Å²) in [5.74, 6) is 0.414. The summed E-state index contributed by atoms with van der Waals surface area (Å²) in [6.07, 6.45) is 3.33. The van der Waals surface area contributed by atoms with Gasteiger partial charge in [0.25, 0.3) is 0 Å². The fraction of sp³-hybridized carbons (Fsp3) is 0.267. The monoisotopic (exact) mass is 259 g/mol. The van der Waals surface area contributed by atoms with Crippen molar-refractivity contribution in [1.29, 1.82) is 0 Å². The van der Waals surface area contributed by atoms with Gasteiger partial charge in [0, 0.05) is 28.9 Å². The van der Waals surface area contributed by atoms with Crippen LogP contribution in [-0.4, -0.2) is 10.8 Å². The Morgan fingerprint density at radius 2 is 2.06 bits per heavy atom. The van der Waals surface area contributed by atoms with Gasteiger partial charge in [0.15, 0.2) is 5.78 Å². The highest BCUT2D eigenvalue weighted by atomic mass is 35.5. The van der Waals surface area contributed by atoms with Crippen molar-refractivity contribution in [2.24, 2.45) is 0 Å². The smallest absolute Gasteiger partial charge is 0.165 e. The minimum absolute atomic E-state index is 0.191. The molecule has 1 aliphatic rings. The summed E-state index contributed by atoms with van der Waals surface area (Å²) in [6, 6.07) is 7.79. The van der Waals surface area contributed by atoms with E-state index in [1.54, 1.807) is 0 Å². The van der Waals surface area contributed by atoms with Crippen LogP contribution in [0.3, 0.4) is 0 Å². The van der Waals surface area contributed by atoms with Crippen LogP contribution >= 0.6 is 11.6 Å². The third kappa shape index (κ3) is 1.77. The summed E-state index contributed by atoms with van der Waals surface area (Å²) < 4.78 is 0. The summed E-state index contributed by atoms with van der Waals surface area (Å²) in [7, 11) is 0. The minimum atomic E-state index is 0.191. The fourth-order valence-electron chi connectivity index (χ4n) is 2.80. The van der Waals surface area contributed by atoms with Gasteiger partial charge < -0.3 is 4.98 Å². The summed E-state index contributed by atoms with van der Waals surface area (Å²) >= 11 is 6.22. The van der Waals surface area contributed by atoms with Gasteiger partial charge in [-0.1, -0.05) is 29.8 Å². The van der Waals surface area contributed by atoms with Crippen LogP contribution in [0.4, 0.5) is 0 Å². The lowest BCUT2D eigenvalue weighted by molar-refractivity contribution is 0.0963. The highest BCUT2D eigenvalue weighted by Crippen LogP contribution is 2.36. The molecule has 1 aliphatic carbocycles. The van der Waals surface area contributed by atoms with E-state index in [2.05, 4.69) is 4.98 Å². The number of aromatic nitrogens is 1. The fourth-order valence-corrected chi connectivity index (χ4v) is 3.09. The molecule has 0 saturated heterocycles. The van der Waals surface area contributed by atoms with Crippen LogP contribution in [0.2, 0.25) is 5.02 Å². The summed E-state index contributed by atoms with van der Waals surface area (Å²) in [6.45, 7) is 1.98. The maximum atomic E-state index is 12.2. The van der Waals surface area contributed by atoms with E-state index in [0.717, 1.165) is 33.8 Å². The molecule has 2 aromatic rings. The Morgan fingerprint density at radius 3 is 2.83 bits per heavy atom. The summed E-state index contributed by atoms with van der Waals surface area (Å²) in [4.78, 5) is 15.4. The van der Waals surface area contributed by atoms with Crippen molar-refractivity contribution >= 4 is 17.4 Å². The third-order valence-corrected chi connectivity index (χ3v) is 4.01. The van der Waals surface area contributed by atoms with E-state index < -0.39 is 0 Å². The zero-order valence-corrected chi connectivity index (χ0v) is 10.9. The first kappa shape index (κ1) is 11.5. The molecular formula is C15H14ClNO. The molecule has 0 spiro atoms. The lowest BCUT2D eigenvalue weighted by Crippen LogP contribution is -2.18.